The first-order valence-electron chi connectivity index (χ1n) is 10.2. The van der Waals surface area contributed by atoms with E-state index in [2.05, 4.69) is 20.5 Å². The minimum Gasteiger partial charge on any atom is -0.396 e. The Kier molecular flexibility index (Phi) is 5.96. The molecule has 3 aliphatic heterocycles. The van der Waals surface area contributed by atoms with Crippen molar-refractivity contribution in [1.82, 2.24) is 25.4 Å². The quantitative estimate of drug-likeness (QED) is 0.533. The molecule has 0 aromatic carbocycles. The number of aliphatic hydroxyl groups excluding tert-OH is 1. The number of dihydropyridines is 1. The van der Waals surface area contributed by atoms with E-state index in [1.165, 1.54) is 11.0 Å². The van der Waals surface area contributed by atoms with Crippen molar-refractivity contribution in [2.75, 3.05) is 25.0 Å². The highest BCUT2D eigenvalue weighted by atomic mass is 19.4. The molecule has 32 heavy (non-hydrogen) atoms. The maximum absolute atomic E-state index is 13.1. The number of rotatable bonds is 5. The van der Waals surface area contributed by atoms with Crippen molar-refractivity contribution in [1.29, 1.82) is 0 Å². The number of amides is 3. The zero-order chi connectivity index (χ0) is 22.9. The Morgan fingerprint density at radius 1 is 1.34 bits per heavy atom. The van der Waals surface area contributed by atoms with Crippen LogP contribution in [0.1, 0.15) is 12.8 Å². The third-order valence-corrected chi connectivity index (χ3v) is 5.62. The number of alkyl halides is 3. The van der Waals surface area contributed by atoms with Crippen molar-refractivity contribution in [3.8, 4) is 0 Å². The summed E-state index contributed by atoms with van der Waals surface area (Å²) in [6.45, 7) is 0.613. The zero-order valence-electron chi connectivity index (χ0n) is 17.0. The number of carbonyl (C=O) groups excluding carboxylic acids is 2. The van der Waals surface area contributed by atoms with Gasteiger partial charge in [-0.05, 0) is 31.1 Å². The summed E-state index contributed by atoms with van der Waals surface area (Å²) < 4.78 is 39.4. The van der Waals surface area contributed by atoms with Gasteiger partial charge in [0.25, 0.3) is 0 Å². The van der Waals surface area contributed by atoms with Gasteiger partial charge in [-0.2, -0.15) is 13.2 Å². The van der Waals surface area contributed by atoms with Gasteiger partial charge in [0.1, 0.15) is 23.7 Å². The first kappa shape index (κ1) is 21.9. The zero-order valence-corrected chi connectivity index (χ0v) is 17.0. The lowest BCUT2D eigenvalue weighted by Crippen LogP contribution is -2.57. The van der Waals surface area contributed by atoms with Crippen molar-refractivity contribution in [3.05, 3.63) is 48.1 Å². The Balaban J connectivity index is 1.53. The highest BCUT2D eigenvalue weighted by Crippen LogP contribution is 2.33. The van der Waals surface area contributed by atoms with Crippen molar-refractivity contribution in [2.45, 2.75) is 37.1 Å². The van der Waals surface area contributed by atoms with Gasteiger partial charge in [-0.1, -0.05) is 12.1 Å². The highest BCUT2D eigenvalue weighted by Gasteiger charge is 2.44. The number of hydrogen-bond acceptors (Lipinski definition) is 6. The minimum absolute atomic E-state index is 0.155. The second-order valence-electron chi connectivity index (χ2n) is 7.73. The molecule has 3 atom stereocenters. The number of pyridine rings is 1. The fraction of sp³-hybridized carbons (Fsp3) is 0.450. The van der Waals surface area contributed by atoms with Crippen LogP contribution in [0.3, 0.4) is 0 Å². The summed E-state index contributed by atoms with van der Waals surface area (Å²) in [4.78, 5) is 33.3. The summed E-state index contributed by atoms with van der Waals surface area (Å²) in [5, 5.41) is 16.5. The van der Waals surface area contributed by atoms with Crippen LogP contribution < -0.4 is 16.0 Å². The third-order valence-electron chi connectivity index (χ3n) is 5.62. The molecule has 4 N–H and O–H groups in total. The van der Waals surface area contributed by atoms with E-state index in [1.807, 2.05) is 5.32 Å². The van der Waals surface area contributed by atoms with Crippen LogP contribution in [0.15, 0.2) is 48.1 Å². The molecule has 0 spiro atoms. The maximum atomic E-state index is 13.1. The number of nitrogens with zero attached hydrogens (tertiary/aromatic N) is 3. The molecule has 4 heterocycles. The first-order valence-corrected chi connectivity index (χ1v) is 10.2. The SMILES string of the molecule is O=C(NC(CCO)C(F)(F)F)C1C=CC2=C(N1)N(C(=O)Nc1ccccn1)[C@H]1CCN2C1. The molecule has 1 fully saturated rings. The molecular formula is C20H23F3N6O3. The van der Waals surface area contributed by atoms with Crippen molar-refractivity contribution >= 4 is 17.8 Å². The third kappa shape index (κ3) is 4.35. The molecule has 172 valence electrons. The van der Waals surface area contributed by atoms with Gasteiger partial charge >= 0.3 is 12.2 Å². The molecule has 1 aromatic rings. The van der Waals surface area contributed by atoms with E-state index < -0.39 is 43.2 Å². The smallest absolute Gasteiger partial charge is 0.396 e. The molecule has 2 bridgehead atoms. The first-order chi connectivity index (χ1) is 15.3. The van der Waals surface area contributed by atoms with E-state index >= 15 is 0 Å². The Labute approximate surface area is 182 Å². The molecule has 3 amide bonds. The van der Waals surface area contributed by atoms with Crippen LogP contribution in [0, 0.1) is 0 Å². The number of hydrogen-bond donors (Lipinski definition) is 4. The second-order valence-corrected chi connectivity index (χ2v) is 7.73. The number of carbonyl (C=O) groups is 2. The van der Waals surface area contributed by atoms with Gasteiger partial charge in [-0.3, -0.25) is 15.0 Å². The van der Waals surface area contributed by atoms with Crippen LogP contribution in [-0.4, -0.2) is 75.8 Å². The molecule has 0 radical (unpaired) electrons. The molecule has 2 unspecified atom stereocenters. The Morgan fingerprint density at radius 2 is 2.16 bits per heavy atom. The number of aromatic nitrogens is 1. The van der Waals surface area contributed by atoms with Gasteiger partial charge in [0.15, 0.2) is 0 Å². The maximum Gasteiger partial charge on any atom is 0.408 e. The highest BCUT2D eigenvalue weighted by molar-refractivity contribution is 5.91. The summed E-state index contributed by atoms with van der Waals surface area (Å²) in [6, 6.07) is 1.21. The summed E-state index contributed by atoms with van der Waals surface area (Å²) in [6.07, 6.45) is 0.0295. The van der Waals surface area contributed by atoms with Crippen LogP contribution in [-0.2, 0) is 4.79 Å². The monoisotopic (exact) mass is 452 g/mol. The van der Waals surface area contributed by atoms with E-state index in [0.717, 1.165) is 0 Å². The number of allylic oxidation sites excluding steroid dienone is 1. The Morgan fingerprint density at radius 3 is 2.84 bits per heavy atom. The molecular weight excluding hydrogens is 429 g/mol. The predicted molar refractivity (Wildman–Crippen MR) is 108 cm³/mol. The molecule has 1 saturated heterocycles. The molecule has 0 saturated carbocycles. The number of halogens is 3. The standard InChI is InChI=1S/C20H23F3N6O3/c21-20(22,23)15(7-10-30)26-18(31)13-4-5-14-17(25-13)29(12-6-9-28(14)11-12)19(32)27-16-3-1-2-8-24-16/h1-5,8,12-13,15,25,30H,6-7,9-11H2,(H,26,31)(H,24,27,32)/t12-,13?,15?/m0/s1. The predicted octanol–water partition coefficient (Wildman–Crippen LogP) is 1.13. The lowest BCUT2D eigenvalue weighted by molar-refractivity contribution is -0.164. The summed E-state index contributed by atoms with van der Waals surface area (Å²) in [5.41, 5.74) is 0.696. The second kappa shape index (κ2) is 8.69. The molecule has 9 nitrogen and oxygen atoms in total. The largest absolute Gasteiger partial charge is 0.408 e. The lowest BCUT2D eigenvalue weighted by atomic mass is 10.1. The van der Waals surface area contributed by atoms with Gasteiger partial charge in [-0.15, -0.1) is 0 Å². The van der Waals surface area contributed by atoms with E-state index in [4.69, 9.17) is 5.11 Å². The number of nitrogens with one attached hydrogen (secondary N) is 3. The number of anilines is 1. The van der Waals surface area contributed by atoms with E-state index in [-0.39, 0.29) is 6.04 Å². The van der Waals surface area contributed by atoms with E-state index in [9.17, 15) is 22.8 Å². The number of aliphatic hydroxyl groups is 1. The minimum atomic E-state index is -4.69. The summed E-state index contributed by atoms with van der Waals surface area (Å²) in [5.74, 6) is -0.181. The number of fused-ring (bicyclic) bond motifs is 3. The average Bonchev–Trinajstić information content (AvgIpc) is 3.17. The molecule has 1 aromatic heterocycles. The molecule has 4 rings (SSSR count). The number of urea groups is 1. The lowest BCUT2D eigenvalue weighted by Gasteiger charge is -2.41. The van der Waals surface area contributed by atoms with Gasteiger partial charge in [0.05, 0.1) is 11.7 Å². The normalized spacial score (nSPS) is 22.9. The fourth-order valence-electron chi connectivity index (χ4n) is 4.07. The van der Waals surface area contributed by atoms with Crippen molar-refractivity contribution < 1.29 is 27.9 Å². The van der Waals surface area contributed by atoms with Crippen LogP contribution in [0.5, 0.6) is 0 Å². The molecule has 0 aliphatic carbocycles. The van der Waals surface area contributed by atoms with Crippen molar-refractivity contribution in [3.63, 3.8) is 0 Å². The van der Waals surface area contributed by atoms with Crippen LogP contribution >= 0.6 is 0 Å². The summed E-state index contributed by atoms with van der Waals surface area (Å²) >= 11 is 0. The van der Waals surface area contributed by atoms with Crippen molar-refractivity contribution in [2.24, 2.45) is 0 Å². The Bertz CT molecular complexity index is 936. The average molecular weight is 452 g/mol. The summed E-state index contributed by atoms with van der Waals surface area (Å²) in [7, 11) is 0. The van der Waals surface area contributed by atoms with E-state index in [0.29, 0.717) is 36.8 Å². The van der Waals surface area contributed by atoms with Crippen LogP contribution in [0.4, 0.5) is 23.8 Å². The van der Waals surface area contributed by atoms with Crippen LogP contribution in [0.25, 0.3) is 0 Å². The van der Waals surface area contributed by atoms with Gasteiger partial charge < -0.3 is 20.6 Å². The molecule has 3 aliphatic rings. The van der Waals surface area contributed by atoms with Crippen LogP contribution in [0.2, 0.25) is 0 Å². The molecule has 12 heteroatoms. The fourth-order valence-corrected chi connectivity index (χ4v) is 4.07. The van der Waals surface area contributed by atoms with E-state index in [1.54, 1.807) is 30.5 Å². The van der Waals surface area contributed by atoms with Gasteiger partial charge in [0, 0.05) is 25.9 Å². The topological polar surface area (TPSA) is 110 Å². The Hall–Kier alpha value is -3.28. The van der Waals surface area contributed by atoms with Gasteiger partial charge in [-0.25, -0.2) is 9.78 Å². The van der Waals surface area contributed by atoms with Gasteiger partial charge in [0.2, 0.25) is 5.91 Å².